The van der Waals surface area contributed by atoms with Crippen LogP contribution in [-0.2, 0) is 4.74 Å². The van der Waals surface area contributed by atoms with Crippen LogP contribution < -0.4 is 5.32 Å². The maximum atomic E-state index is 5.54. The summed E-state index contributed by atoms with van der Waals surface area (Å²) in [6.45, 7) is 14.9. The maximum absolute atomic E-state index is 5.54. The maximum Gasteiger partial charge on any atom is 0.193 e. The average molecular weight is 423 g/mol. The molecule has 0 radical (unpaired) electrons. The molecule has 0 aromatic heterocycles. The highest BCUT2D eigenvalue weighted by molar-refractivity contribution is 14.0. The van der Waals surface area contributed by atoms with Crippen molar-refractivity contribution < 1.29 is 4.74 Å². The van der Waals surface area contributed by atoms with Crippen LogP contribution >= 0.6 is 24.0 Å². The number of aliphatic imine (C=N–C) groups is 1. The molecule has 4 nitrogen and oxygen atoms in total. The molecule has 2 rings (SSSR count). The van der Waals surface area contributed by atoms with E-state index in [0.717, 1.165) is 51.8 Å². The molecule has 0 aromatic carbocycles. The van der Waals surface area contributed by atoms with Gasteiger partial charge in [-0.2, -0.15) is 0 Å². The molecule has 1 atom stereocenters. The molecule has 2 fully saturated rings. The van der Waals surface area contributed by atoms with Crippen molar-refractivity contribution in [1.29, 1.82) is 0 Å². The fourth-order valence-corrected chi connectivity index (χ4v) is 3.47. The van der Waals surface area contributed by atoms with Gasteiger partial charge in [0.15, 0.2) is 5.96 Å². The van der Waals surface area contributed by atoms with Gasteiger partial charge in [-0.3, -0.25) is 4.99 Å². The zero-order valence-electron chi connectivity index (χ0n) is 14.8. The minimum absolute atomic E-state index is 0. The lowest BCUT2D eigenvalue weighted by Gasteiger charge is -2.28. The van der Waals surface area contributed by atoms with Crippen molar-refractivity contribution in [3.05, 3.63) is 0 Å². The molecule has 0 saturated carbocycles. The lowest BCUT2D eigenvalue weighted by Crippen LogP contribution is -2.42. The predicted molar refractivity (Wildman–Crippen MR) is 104 cm³/mol. The molecule has 1 N–H and O–H groups in total. The number of rotatable bonds is 5. The van der Waals surface area contributed by atoms with Gasteiger partial charge >= 0.3 is 0 Å². The fraction of sp³-hybridized carbons (Fsp3) is 0.941. The SMILES string of the molecule is CCNC(=NCC1(C)CCOC1)N1CCC(CC)(CC)C1.I. The van der Waals surface area contributed by atoms with Crippen LogP contribution in [-0.4, -0.2) is 50.3 Å². The molecule has 0 amide bonds. The largest absolute Gasteiger partial charge is 0.381 e. The third-order valence-corrected chi connectivity index (χ3v) is 5.48. The number of guanidine groups is 1. The first-order valence-corrected chi connectivity index (χ1v) is 8.67. The molecule has 2 heterocycles. The van der Waals surface area contributed by atoms with Crippen molar-refractivity contribution in [2.24, 2.45) is 15.8 Å². The van der Waals surface area contributed by atoms with Crippen molar-refractivity contribution >= 4 is 29.9 Å². The summed E-state index contributed by atoms with van der Waals surface area (Å²) in [7, 11) is 0. The minimum atomic E-state index is 0. The summed E-state index contributed by atoms with van der Waals surface area (Å²) in [4.78, 5) is 7.40. The smallest absolute Gasteiger partial charge is 0.193 e. The Hall–Kier alpha value is -0.0400. The summed E-state index contributed by atoms with van der Waals surface area (Å²) >= 11 is 0. The third kappa shape index (κ3) is 4.73. The third-order valence-electron chi connectivity index (χ3n) is 5.48. The van der Waals surface area contributed by atoms with E-state index in [0.29, 0.717) is 5.41 Å². The second kappa shape index (κ2) is 8.71. The Bertz CT molecular complexity index is 363. The molecule has 1 unspecified atom stereocenters. The zero-order chi connectivity index (χ0) is 15.3. The van der Waals surface area contributed by atoms with Crippen molar-refractivity contribution in [3.8, 4) is 0 Å². The Morgan fingerprint density at radius 2 is 1.95 bits per heavy atom. The first-order chi connectivity index (χ1) is 10.1. The molecule has 22 heavy (non-hydrogen) atoms. The number of nitrogens with zero attached hydrogens (tertiary/aromatic N) is 2. The summed E-state index contributed by atoms with van der Waals surface area (Å²) in [5.74, 6) is 1.11. The Labute approximate surface area is 153 Å². The predicted octanol–water partition coefficient (Wildman–Crippen LogP) is 3.51. The highest BCUT2D eigenvalue weighted by atomic mass is 127. The molecule has 2 saturated heterocycles. The summed E-state index contributed by atoms with van der Waals surface area (Å²) < 4.78 is 5.54. The number of ether oxygens (including phenoxy) is 1. The number of halogens is 1. The van der Waals surface area contributed by atoms with Crippen LogP contribution in [0.3, 0.4) is 0 Å². The van der Waals surface area contributed by atoms with Crippen molar-refractivity contribution in [2.45, 2.75) is 53.4 Å². The van der Waals surface area contributed by atoms with E-state index in [-0.39, 0.29) is 29.4 Å². The molecule has 130 valence electrons. The quantitative estimate of drug-likeness (QED) is 0.418. The van der Waals surface area contributed by atoms with Crippen LogP contribution in [0, 0.1) is 10.8 Å². The Morgan fingerprint density at radius 1 is 1.23 bits per heavy atom. The van der Waals surface area contributed by atoms with E-state index in [2.05, 4.69) is 37.9 Å². The van der Waals surface area contributed by atoms with Crippen LogP contribution in [0.4, 0.5) is 0 Å². The molecule has 5 heteroatoms. The fourth-order valence-electron chi connectivity index (χ4n) is 3.47. The summed E-state index contributed by atoms with van der Waals surface area (Å²) in [6, 6.07) is 0. The average Bonchev–Trinajstić information content (AvgIpc) is 3.11. The van der Waals surface area contributed by atoms with Crippen LogP contribution in [0.25, 0.3) is 0 Å². The molecule has 0 bridgehead atoms. The lowest BCUT2D eigenvalue weighted by molar-refractivity contribution is 0.162. The number of hydrogen-bond donors (Lipinski definition) is 1. The van der Waals surface area contributed by atoms with Gasteiger partial charge < -0.3 is 15.0 Å². The van der Waals surface area contributed by atoms with Gasteiger partial charge in [0.2, 0.25) is 0 Å². The minimum Gasteiger partial charge on any atom is -0.381 e. The van der Waals surface area contributed by atoms with Gasteiger partial charge in [-0.25, -0.2) is 0 Å². The monoisotopic (exact) mass is 423 g/mol. The first-order valence-electron chi connectivity index (χ1n) is 8.67. The summed E-state index contributed by atoms with van der Waals surface area (Å²) in [6.07, 6.45) is 4.96. The Balaban J connectivity index is 0.00000242. The van der Waals surface area contributed by atoms with Crippen LogP contribution in [0.1, 0.15) is 53.4 Å². The molecule has 0 spiro atoms. The van der Waals surface area contributed by atoms with Crippen LogP contribution in [0.2, 0.25) is 0 Å². The van der Waals surface area contributed by atoms with Gasteiger partial charge in [0.05, 0.1) is 13.2 Å². The first kappa shape index (κ1) is 20.0. The second-order valence-electron chi connectivity index (χ2n) is 7.16. The highest BCUT2D eigenvalue weighted by Gasteiger charge is 2.36. The molecule has 0 aliphatic carbocycles. The van der Waals surface area contributed by atoms with Crippen molar-refractivity contribution in [3.63, 3.8) is 0 Å². The number of nitrogens with one attached hydrogen (secondary N) is 1. The van der Waals surface area contributed by atoms with E-state index in [9.17, 15) is 0 Å². The lowest BCUT2D eigenvalue weighted by atomic mass is 9.82. The van der Waals surface area contributed by atoms with E-state index in [1.54, 1.807) is 0 Å². The Kier molecular flexibility index (Phi) is 7.92. The topological polar surface area (TPSA) is 36.9 Å². The van der Waals surface area contributed by atoms with Gasteiger partial charge in [0, 0.05) is 31.7 Å². The van der Waals surface area contributed by atoms with E-state index >= 15 is 0 Å². The van der Waals surface area contributed by atoms with Crippen LogP contribution in [0.5, 0.6) is 0 Å². The number of hydrogen-bond acceptors (Lipinski definition) is 2. The molecular formula is C17H34IN3O. The zero-order valence-corrected chi connectivity index (χ0v) is 17.1. The molecule has 0 aromatic rings. The normalized spacial score (nSPS) is 27.8. The van der Waals surface area contributed by atoms with E-state index in [1.807, 2.05) is 0 Å². The van der Waals surface area contributed by atoms with E-state index in [4.69, 9.17) is 9.73 Å². The highest BCUT2D eigenvalue weighted by Crippen LogP contribution is 2.37. The van der Waals surface area contributed by atoms with Gasteiger partial charge in [-0.05, 0) is 38.0 Å². The van der Waals surface area contributed by atoms with Gasteiger partial charge in [-0.15, -0.1) is 24.0 Å². The van der Waals surface area contributed by atoms with E-state index < -0.39 is 0 Å². The van der Waals surface area contributed by atoms with E-state index in [1.165, 1.54) is 19.3 Å². The number of likely N-dealkylation sites (tertiary alicyclic amines) is 1. The van der Waals surface area contributed by atoms with Gasteiger partial charge in [-0.1, -0.05) is 20.8 Å². The molecular weight excluding hydrogens is 389 g/mol. The standard InChI is InChI=1S/C17H33N3O.HI/c1-5-17(6-2)8-10-20(13-17)15(18-7-3)19-12-16(4)9-11-21-14-16;/h5-14H2,1-4H3,(H,18,19);1H. The van der Waals surface area contributed by atoms with Crippen molar-refractivity contribution in [2.75, 3.05) is 39.4 Å². The molecule has 2 aliphatic heterocycles. The van der Waals surface area contributed by atoms with Gasteiger partial charge in [0.1, 0.15) is 0 Å². The van der Waals surface area contributed by atoms with Crippen molar-refractivity contribution in [1.82, 2.24) is 10.2 Å². The Morgan fingerprint density at radius 3 is 2.45 bits per heavy atom. The second-order valence-corrected chi connectivity index (χ2v) is 7.16. The van der Waals surface area contributed by atoms with Crippen LogP contribution in [0.15, 0.2) is 4.99 Å². The van der Waals surface area contributed by atoms with Gasteiger partial charge in [0.25, 0.3) is 0 Å². The summed E-state index contributed by atoms with van der Waals surface area (Å²) in [5.41, 5.74) is 0.726. The summed E-state index contributed by atoms with van der Waals surface area (Å²) in [5, 5.41) is 3.49. The molecule has 2 aliphatic rings.